The highest BCUT2D eigenvalue weighted by atomic mass is 35.5. The molecule has 2 aromatic heterocycles. The van der Waals surface area contributed by atoms with Gasteiger partial charge in [-0.1, -0.05) is 11.6 Å². The van der Waals surface area contributed by atoms with Gasteiger partial charge in [0.2, 0.25) is 5.88 Å². The van der Waals surface area contributed by atoms with Crippen LogP contribution in [0.5, 0.6) is 11.6 Å². The lowest BCUT2D eigenvalue weighted by atomic mass is 10.1. The number of thioether (sulfide) groups is 2. The number of aromatic nitrogens is 2. The van der Waals surface area contributed by atoms with Gasteiger partial charge in [-0.25, -0.2) is 4.98 Å². The largest absolute Gasteiger partial charge is 0.493 e. The van der Waals surface area contributed by atoms with E-state index in [9.17, 15) is 67.5 Å². The maximum Gasteiger partial charge on any atom is 0.425 e. The molecule has 464 valence electrons. The molecule has 37 heteroatoms. The van der Waals surface area contributed by atoms with Crippen LogP contribution in [-0.2, 0) is 51.1 Å². The van der Waals surface area contributed by atoms with Gasteiger partial charge in [0.05, 0.1) is 73.8 Å². The summed E-state index contributed by atoms with van der Waals surface area (Å²) in [5.74, 6) is -1.89. The van der Waals surface area contributed by atoms with Crippen molar-refractivity contribution < 1.29 is 74.4 Å². The number of imidazole rings is 1. The standard InChI is InChI=1S/C51H49ClN12O14S6.O3S/c1-28-19-41(60-63-48-31(4)35(27-54)50-55-37-11-12-47(84(75,76)77)32(5)49(37)64(50)51(48)65)44(78-13-6-16-81(66,67)68)23-38(28)57-61-42-21-30(3)40(25-46(42)80-15-8-18-83(72,73)74)59-62-43-20-29(2)39(24-45(43)79-14-7-17-82(69,70)71)58-56-36-10-9-34(52)22-33(36)26-53;1-4(2)3/h9-12,19-25,65H,6-8,13-18H2,1-5H3,(H,66,67,68)(H,69,70,71)(H,72,73,74)(H,75,76,77);. The molecule has 5 N–H and O–H groups in total. The van der Waals surface area contributed by atoms with E-state index in [1.165, 1.54) is 61.6 Å². The summed E-state index contributed by atoms with van der Waals surface area (Å²) < 4.78 is 165. The third kappa shape index (κ3) is 19.1. The number of hydrogen-bond acceptors (Lipinski definition) is 26. The topological polar surface area (TPSA) is 462 Å². The van der Waals surface area contributed by atoms with E-state index >= 15 is 0 Å². The number of hydrogen-bond donors (Lipinski definition) is 5. The zero-order valence-corrected chi connectivity index (χ0v) is 52.9. The van der Waals surface area contributed by atoms with Crippen molar-refractivity contribution in [2.75, 3.05) is 35.4 Å². The zero-order valence-electron chi connectivity index (χ0n) is 46.5. The molecule has 0 saturated carbocycles. The first kappa shape index (κ1) is 69.4. The van der Waals surface area contributed by atoms with Gasteiger partial charge in [-0.05, 0) is 148 Å². The van der Waals surface area contributed by atoms with Crippen molar-refractivity contribution in [1.29, 1.82) is 10.5 Å². The summed E-state index contributed by atoms with van der Waals surface area (Å²) in [6.45, 7) is 7.71. The van der Waals surface area contributed by atoms with Gasteiger partial charge in [0, 0.05) is 26.4 Å². The first-order chi connectivity index (χ1) is 41.2. The van der Waals surface area contributed by atoms with Gasteiger partial charge in [0.25, 0.3) is 40.5 Å². The van der Waals surface area contributed by atoms with Crippen LogP contribution in [0.2, 0.25) is 5.02 Å². The lowest BCUT2D eigenvalue weighted by Gasteiger charge is -2.12. The highest BCUT2D eigenvalue weighted by molar-refractivity contribution is 7.99. The summed E-state index contributed by atoms with van der Waals surface area (Å²) in [7, 11) is -20.8. The summed E-state index contributed by atoms with van der Waals surface area (Å²) >= 11 is 8.46. The number of fused-ring (bicyclic) bond motifs is 3. The Balaban J connectivity index is 0.00000299. The van der Waals surface area contributed by atoms with E-state index in [2.05, 4.69) is 45.9 Å². The smallest absolute Gasteiger partial charge is 0.425 e. The second-order valence-corrected chi connectivity index (χ2v) is 27.9. The Kier molecular flexibility index (Phi) is 23.3. The molecule has 0 aliphatic carbocycles. The first-order valence-corrected chi connectivity index (χ1v) is 34.7. The summed E-state index contributed by atoms with van der Waals surface area (Å²) in [5.41, 5.74) is 3.67. The van der Waals surface area contributed by atoms with E-state index in [-0.39, 0.29) is 110 Å². The van der Waals surface area contributed by atoms with Crippen LogP contribution in [0.25, 0.3) is 16.7 Å². The highest BCUT2D eigenvalue weighted by Crippen LogP contribution is 2.44. The molecule has 29 nitrogen and oxygen atoms in total. The first-order valence-electron chi connectivity index (χ1n) is 25.0. The number of ether oxygens (including phenoxy) is 1. The normalized spacial score (nSPS) is 12.4. The summed E-state index contributed by atoms with van der Waals surface area (Å²) in [5, 5.41) is 67.5. The lowest BCUT2D eigenvalue weighted by Crippen LogP contribution is -2.08. The Morgan fingerprint density at radius 1 is 0.591 bits per heavy atom. The minimum Gasteiger partial charge on any atom is -0.493 e. The van der Waals surface area contributed by atoms with Crippen molar-refractivity contribution in [3.63, 3.8) is 0 Å². The highest BCUT2D eigenvalue weighted by Gasteiger charge is 2.25. The van der Waals surface area contributed by atoms with Crippen LogP contribution in [0, 0.1) is 57.3 Å². The number of azo groups is 4. The summed E-state index contributed by atoms with van der Waals surface area (Å²) in [6, 6.07) is 20.6. The Morgan fingerprint density at radius 3 is 1.55 bits per heavy atom. The van der Waals surface area contributed by atoms with Crippen LogP contribution in [0.1, 0.15) is 58.2 Å². The van der Waals surface area contributed by atoms with Crippen molar-refractivity contribution in [3.05, 3.63) is 111 Å². The molecule has 0 saturated heterocycles. The van der Waals surface area contributed by atoms with Crippen molar-refractivity contribution in [2.24, 2.45) is 40.9 Å². The van der Waals surface area contributed by atoms with Crippen LogP contribution in [0.3, 0.4) is 0 Å². The van der Waals surface area contributed by atoms with Crippen LogP contribution in [0.15, 0.2) is 122 Å². The Bertz CT molecular complexity index is 4720. The van der Waals surface area contributed by atoms with E-state index in [1.807, 2.05) is 12.1 Å². The van der Waals surface area contributed by atoms with Crippen LogP contribution in [-0.4, -0.2) is 114 Å². The molecule has 5 aromatic carbocycles. The molecular weight excluding hydrogens is 1310 g/mol. The van der Waals surface area contributed by atoms with Crippen LogP contribution in [0.4, 0.5) is 45.5 Å². The molecule has 0 aliphatic heterocycles. The van der Waals surface area contributed by atoms with Gasteiger partial charge in [0.1, 0.15) is 34.8 Å². The Hall–Kier alpha value is -7.72. The number of aromatic hydroxyl groups is 1. The van der Waals surface area contributed by atoms with E-state index in [4.69, 9.17) is 29.0 Å². The molecule has 0 amide bonds. The van der Waals surface area contributed by atoms with Crippen molar-refractivity contribution in [1.82, 2.24) is 9.38 Å². The van der Waals surface area contributed by atoms with Crippen molar-refractivity contribution in [3.8, 4) is 23.8 Å². The second-order valence-electron chi connectivity index (χ2n) is 18.6. The number of nitrogens with zero attached hydrogens (tertiary/aromatic N) is 12. The van der Waals surface area contributed by atoms with E-state index in [0.29, 0.717) is 48.6 Å². The van der Waals surface area contributed by atoms with Crippen molar-refractivity contribution >= 4 is 148 Å². The second kappa shape index (κ2) is 29.5. The molecule has 0 bridgehead atoms. The number of nitriles is 2. The average molecular weight is 1360 g/mol. The van der Waals surface area contributed by atoms with Gasteiger partial charge in [-0.2, -0.15) is 59.5 Å². The van der Waals surface area contributed by atoms with Gasteiger partial charge < -0.3 is 9.84 Å². The monoisotopic (exact) mass is 1360 g/mol. The zero-order chi connectivity index (χ0) is 65.1. The third-order valence-corrected chi connectivity index (χ3v) is 18.1. The Labute approximate surface area is 518 Å². The number of rotatable bonds is 24. The maximum atomic E-state index is 12.2. The van der Waals surface area contributed by atoms with E-state index < -0.39 is 79.1 Å². The predicted molar refractivity (Wildman–Crippen MR) is 325 cm³/mol. The molecule has 0 spiro atoms. The summed E-state index contributed by atoms with van der Waals surface area (Å²) in [4.78, 5) is 4.94. The van der Waals surface area contributed by atoms with Crippen LogP contribution >= 0.6 is 35.1 Å². The number of halogens is 1. The van der Waals surface area contributed by atoms with Gasteiger partial charge in [-0.3, -0.25) is 22.6 Å². The third-order valence-electron chi connectivity index (χ3n) is 12.2. The molecule has 88 heavy (non-hydrogen) atoms. The molecule has 2 heterocycles. The molecule has 0 fully saturated rings. The summed E-state index contributed by atoms with van der Waals surface area (Å²) in [6.07, 6.45) is -0.0569. The quantitative estimate of drug-likeness (QED) is 0.0162. The Morgan fingerprint density at radius 2 is 1.06 bits per heavy atom. The van der Waals surface area contributed by atoms with Crippen molar-refractivity contribution in [2.45, 2.75) is 68.6 Å². The fourth-order valence-electron chi connectivity index (χ4n) is 8.05. The van der Waals surface area contributed by atoms with Gasteiger partial charge in [0.15, 0.2) is 11.3 Å². The average Bonchev–Trinajstić information content (AvgIpc) is 1.85. The fourth-order valence-corrected chi connectivity index (χ4v) is 12.7. The molecule has 0 unspecified atom stereocenters. The fraction of sp³-hybridized carbons (Fsp3) is 0.275. The lowest BCUT2D eigenvalue weighted by molar-refractivity contribution is 0.317. The SMILES string of the molecule is Cc1cc(N=Nc2cc(SCCCS(=O)(=O)O)c(N=Nc3cc(OCCCS(=O)(=O)O)c(N=Nc4c(C)c(C#N)c5nc6ccc(S(=O)(=O)O)c(C)c6n5c4O)cc3C)cc2C)c(SCCCS(=O)(=O)O)cc1N=Nc1ccc(Cl)cc1C#N.O=S(=O)=O. The number of pyridine rings is 1. The van der Waals surface area contributed by atoms with Crippen LogP contribution < -0.4 is 4.74 Å². The van der Waals surface area contributed by atoms with Gasteiger partial charge in [-0.15, -0.1) is 61.7 Å². The number of benzene rings is 5. The molecule has 0 radical (unpaired) electrons. The minimum atomic E-state index is -4.73. The van der Waals surface area contributed by atoms with E-state index in [0.717, 1.165) is 10.5 Å². The molecule has 7 aromatic rings. The molecule has 7 rings (SSSR count). The predicted octanol–water partition coefficient (Wildman–Crippen LogP) is 12.4. The maximum absolute atomic E-state index is 12.2. The molecule has 0 aliphatic rings. The minimum absolute atomic E-state index is 0.0113. The van der Waals surface area contributed by atoms with Gasteiger partial charge >= 0.3 is 10.6 Å². The molecular formula is C51H49ClN12O17S7. The molecule has 0 atom stereocenters. The van der Waals surface area contributed by atoms with E-state index in [1.54, 1.807) is 57.2 Å². The number of aryl methyl sites for hydroxylation is 4.